The number of halogens is 2. The van der Waals surface area contributed by atoms with Crippen LogP contribution in [0.25, 0.3) is 0 Å². The molecule has 2 aromatic carbocycles. The number of rotatable bonds is 3. The van der Waals surface area contributed by atoms with E-state index in [1.807, 2.05) is 7.05 Å². The average Bonchev–Trinajstić information content (AvgIpc) is 2.40. The highest BCUT2D eigenvalue weighted by Gasteiger charge is 2.18. The molecule has 0 saturated carbocycles. The summed E-state index contributed by atoms with van der Waals surface area (Å²) in [5.41, 5.74) is 6.41. The molecule has 0 aromatic heterocycles. The molecule has 3 heteroatoms. The molecule has 1 nitrogen and oxygen atoms in total. The Morgan fingerprint density at radius 1 is 0.850 bits per heavy atom. The van der Waals surface area contributed by atoms with Gasteiger partial charge in [0.1, 0.15) is 0 Å². The quantitative estimate of drug-likeness (QED) is 0.727. The van der Waals surface area contributed by atoms with Crippen LogP contribution in [0.1, 0.15) is 33.9 Å². The fourth-order valence-corrected chi connectivity index (χ4v) is 3.41. The second-order valence-corrected chi connectivity index (χ2v) is 6.91. The van der Waals surface area contributed by atoms with E-state index in [1.165, 1.54) is 27.8 Å². The van der Waals surface area contributed by atoms with E-state index in [9.17, 15) is 0 Å². The molecule has 0 bridgehead atoms. The van der Waals surface area contributed by atoms with E-state index in [0.29, 0.717) is 0 Å². The zero-order chi connectivity index (χ0) is 14.9. The molecular weight excluding hydrogens is 378 g/mol. The van der Waals surface area contributed by atoms with Crippen molar-refractivity contribution in [2.75, 3.05) is 7.05 Å². The van der Waals surface area contributed by atoms with Crippen molar-refractivity contribution < 1.29 is 0 Å². The zero-order valence-corrected chi connectivity index (χ0v) is 15.4. The van der Waals surface area contributed by atoms with Gasteiger partial charge in [-0.1, -0.05) is 55.6 Å². The largest absolute Gasteiger partial charge is 0.309 e. The lowest BCUT2D eigenvalue weighted by Crippen LogP contribution is -2.19. The Bertz CT molecular complexity index is 635. The number of benzene rings is 2. The summed E-state index contributed by atoms with van der Waals surface area (Å²) in [6.45, 7) is 6.42. The van der Waals surface area contributed by atoms with Crippen molar-refractivity contribution in [3.63, 3.8) is 0 Å². The van der Waals surface area contributed by atoms with Gasteiger partial charge in [0.2, 0.25) is 0 Å². The Labute approximate surface area is 138 Å². The van der Waals surface area contributed by atoms with Crippen molar-refractivity contribution in [3.05, 3.63) is 67.1 Å². The minimum atomic E-state index is 0.191. The van der Waals surface area contributed by atoms with Gasteiger partial charge in [-0.2, -0.15) is 0 Å². The second-order valence-electron chi connectivity index (χ2n) is 5.20. The summed E-state index contributed by atoms with van der Waals surface area (Å²) >= 11 is 7.28. The first-order valence-corrected chi connectivity index (χ1v) is 8.22. The molecule has 2 aromatic rings. The topological polar surface area (TPSA) is 12.0 Å². The van der Waals surface area contributed by atoms with Gasteiger partial charge in [-0.25, -0.2) is 0 Å². The van der Waals surface area contributed by atoms with E-state index in [1.54, 1.807) is 0 Å². The van der Waals surface area contributed by atoms with Crippen LogP contribution in [-0.4, -0.2) is 7.05 Å². The van der Waals surface area contributed by atoms with Crippen molar-refractivity contribution in [2.24, 2.45) is 0 Å². The maximum Gasteiger partial charge on any atom is 0.0588 e. The summed E-state index contributed by atoms with van der Waals surface area (Å²) < 4.78 is 2.30. The number of aryl methyl sites for hydroxylation is 3. The standard InChI is InChI=1S/C17H19Br2N/c1-10-5-6-15(18)14(7-10)17(20-4)13-8-12(3)16(19)9-11(13)2/h5-9,17,20H,1-4H3. The molecule has 2 rings (SSSR count). The number of hydrogen-bond acceptors (Lipinski definition) is 1. The van der Waals surface area contributed by atoms with E-state index < -0.39 is 0 Å². The fourth-order valence-electron chi connectivity index (χ4n) is 2.48. The molecule has 20 heavy (non-hydrogen) atoms. The molecule has 0 fully saturated rings. The van der Waals surface area contributed by atoms with Crippen LogP contribution >= 0.6 is 31.9 Å². The van der Waals surface area contributed by atoms with Crippen LogP contribution in [0.15, 0.2) is 39.3 Å². The van der Waals surface area contributed by atoms with Gasteiger partial charge in [-0.15, -0.1) is 0 Å². The maximum atomic E-state index is 3.68. The molecule has 0 radical (unpaired) electrons. The lowest BCUT2D eigenvalue weighted by molar-refractivity contribution is 0.683. The van der Waals surface area contributed by atoms with Crippen LogP contribution in [0.3, 0.4) is 0 Å². The van der Waals surface area contributed by atoms with E-state index in [0.717, 1.165) is 8.95 Å². The third-order valence-corrected chi connectivity index (χ3v) is 5.19. The molecule has 1 N–H and O–H groups in total. The molecule has 1 atom stereocenters. The highest BCUT2D eigenvalue weighted by molar-refractivity contribution is 9.10. The Balaban J connectivity index is 2.58. The van der Waals surface area contributed by atoms with Crippen LogP contribution in [-0.2, 0) is 0 Å². The van der Waals surface area contributed by atoms with Gasteiger partial charge in [0.05, 0.1) is 6.04 Å². The summed E-state index contributed by atoms with van der Waals surface area (Å²) in [4.78, 5) is 0. The molecule has 0 amide bonds. The van der Waals surface area contributed by atoms with Crippen molar-refractivity contribution in [3.8, 4) is 0 Å². The van der Waals surface area contributed by atoms with E-state index in [4.69, 9.17) is 0 Å². The second kappa shape index (κ2) is 6.42. The van der Waals surface area contributed by atoms with Gasteiger partial charge in [0.25, 0.3) is 0 Å². The molecule has 0 spiro atoms. The van der Waals surface area contributed by atoms with Gasteiger partial charge in [0, 0.05) is 8.95 Å². The maximum absolute atomic E-state index is 3.68. The molecule has 0 aliphatic heterocycles. The lowest BCUT2D eigenvalue weighted by Gasteiger charge is -2.22. The summed E-state index contributed by atoms with van der Waals surface area (Å²) in [6, 6.07) is 11.1. The van der Waals surface area contributed by atoms with Gasteiger partial charge in [-0.3, -0.25) is 0 Å². The van der Waals surface area contributed by atoms with E-state index >= 15 is 0 Å². The van der Waals surface area contributed by atoms with E-state index in [2.05, 4.69) is 88.3 Å². The van der Waals surface area contributed by atoms with Crippen molar-refractivity contribution >= 4 is 31.9 Å². The minimum absolute atomic E-state index is 0.191. The Morgan fingerprint density at radius 2 is 1.55 bits per heavy atom. The molecule has 1 unspecified atom stereocenters. The van der Waals surface area contributed by atoms with Crippen LogP contribution in [0.5, 0.6) is 0 Å². The molecular formula is C17H19Br2N. The molecule has 0 aliphatic rings. The highest BCUT2D eigenvalue weighted by Crippen LogP contribution is 2.33. The first kappa shape index (κ1) is 15.7. The monoisotopic (exact) mass is 395 g/mol. The van der Waals surface area contributed by atoms with Gasteiger partial charge in [-0.05, 0) is 62.2 Å². The van der Waals surface area contributed by atoms with Crippen LogP contribution < -0.4 is 5.32 Å². The van der Waals surface area contributed by atoms with Crippen LogP contribution in [0, 0.1) is 20.8 Å². The smallest absolute Gasteiger partial charge is 0.0588 e. The number of hydrogen-bond donors (Lipinski definition) is 1. The van der Waals surface area contributed by atoms with Gasteiger partial charge < -0.3 is 5.32 Å². The summed E-state index contributed by atoms with van der Waals surface area (Å²) in [5, 5.41) is 3.44. The first-order chi connectivity index (χ1) is 9.43. The minimum Gasteiger partial charge on any atom is -0.309 e. The summed E-state index contributed by atoms with van der Waals surface area (Å²) in [7, 11) is 2.01. The molecule has 0 saturated heterocycles. The normalized spacial score (nSPS) is 12.5. The molecule has 0 heterocycles. The summed E-state index contributed by atoms with van der Waals surface area (Å²) in [5.74, 6) is 0. The first-order valence-electron chi connectivity index (χ1n) is 6.64. The molecule has 106 valence electrons. The third kappa shape index (κ3) is 3.16. The predicted molar refractivity (Wildman–Crippen MR) is 93.4 cm³/mol. The average molecular weight is 397 g/mol. The Hall–Kier alpha value is -0.640. The van der Waals surface area contributed by atoms with E-state index in [-0.39, 0.29) is 6.04 Å². The van der Waals surface area contributed by atoms with Crippen molar-refractivity contribution in [1.82, 2.24) is 5.32 Å². The zero-order valence-electron chi connectivity index (χ0n) is 12.2. The Kier molecular flexibility index (Phi) is 5.05. The number of nitrogens with one attached hydrogen (secondary N) is 1. The molecule has 0 aliphatic carbocycles. The van der Waals surface area contributed by atoms with Crippen molar-refractivity contribution in [1.29, 1.82) is 0 Å². The Morgan fingerprint density at radius 3 is 2.20 bits per heavy atom. The SMILES string of the molecule is CNC(c1cc(C)c(Br)cc1C)c1cc(C)ccc1Br. The van der Waals surface area contributed by atoms with Gasteiger partial charge >= 0.3 is 0 Å². The van der Waals surface area contributed by atoms with Crippen LogP contribution in [0.2, 0.25) is 0 Å². The highest BCUT2D eigenvalue weighted by atomic mass is 79.9. The lowest BCUT2D eigenvalue weighted by atomic mass is 9.93. The van der Waals surface area contributed by atoms with Crippen LogP contribution in [0.4, 0.5) is 0 Å². The third-order valence-electron chi connectivity index (χ3n) is 3.61. The van der Waals surface area contributed by atoms with Gasteiger partial charge in [0.15, 0.2) is 0 Å². The summed E-state index contributed by atoms with van der Waals surface area (Å²) in [6.07, 6.45) is 0. The predicted octanol–water partition coefficient (Wildman–Crippen LogP) is 5.45. The van der Waals surface area contributed by atoms with Crippen molar-refractivity contribution in [2.45, 2.75) is 26.8 Å². The fraction of sp³-hybridized carbons (Fsp3) is 0.294.